The fourth-order valence-electron chi connectivity index (χ4n) is 4.21. The summed E-state index contributed by atoms with van der Waals surface area (Å²) in [5.41, 5.74) is 4.90. The van der Waals surface area contributed by atoms with E-state index in [2.05, 4.69) is 92.0 Å². The molecule has 1 N–H and O–H groups in total. The van der Waals surface area contributed by atoms with Crippen molar-refractivity contribution in [1.82, 2.24) is 10.2 Å². The number of rotatable bonds is 13. The van der Waals surface area contributed by atoms with Crippen molar-refractivity contribution < 1.29 is 9.53 Å². The topological polar surface area (TPSA) is 44.8 Å². The third-order valence-electron chi connectivity index (χ3n) is 6.78. The maximum Gasteiger partial charge on any atom is 0.414 e. The number of anilines is 1. The Labute approximate surface area is 234 Å². The van der Waals surface area contributed by atoms with Gasteiger partial charge < -0.3 is 15.0 Å². The fraction of sp³-hybridized carbons (Fsp3) is 0.516. The summed E-state index contributed by atoms with van der Waals surface area (Å²) in [6, 6.07) is 8.52. The first-order valence-electron chi connectivity index (χ1n) is 13.2. The highest BCUT2D eigenvalue weighted by molar-refractivity contribution is 9.11. The number of hydrogen-bond donors (Lipinski definition) is 1. The number of halogens is 1. The van der Waals surface area contributed by atoms with Crippen molar-refractivity contribution in [2.45, 2.75) is 65.8 Å². The van der Waals surface area contributed by atoms with Crippen molar-refractivity contribution in [1.29, 1.82) is 0 Å². The lowest BCUT2D eigenvalue weighted by atomic mass is 10.0. The second-order valence-electron chi connectivity index (χ2n) is 9.65. The molecule has 1 atom stereocenters. The molecule has 0 spiro atoms. The fourth-order valence-corrected chi connectivity index (χ4v) is 4.50. The number of benzene rings is 1. The Hall–Kier alpha value is -2.49. The second-order valence-corrected chi connectivity index (χ2v) is 10.6. The van der Waals surface area contributed by atoms with Crippen LogP contribution in [0.15, 0.2) is 58.2 Å². The highest BCUT2D eigenvalue weighted by atomic mass is 79.9. The molecule has 204 valence electrons. The van der Waals surface area contributed by atoms with Crippen molar-refractivity contribution in [3.8, 4) is 12.8 Å². The van der Waals surface area contributed by atoms with Gasteiger partial charge in [-0.3, -0.25) is 4.90 Å². The number of carbonyl (C=O) groups excluding carboxylic acids is 1. The van der Waals surface area contributed by atoms with E-state index in [0.717, 1.165) is 55.4 Å². The van der Waals surface area contributed by atoms with Gasteiger partial charge >= 0.3 is 6.09 Å². The highest BCUT2D eigenvalue weighted by Crippen LogP contribution is 2.27. The average Bonchev–Trinajstić information content (AvgIpc) is 3.09. The van der Waals surface area contributed by atoms with E-state index in [4.69, 9.17) is 4.74 Å². The van der Waals surface area contributed by atoms with Crippen LogP contribution >= 0.6 is 15.9 Å². The predicted molar refractivity (Wildman–Crippen MR) is 162 cm³/mol. The minimum absolute atomic E-state index is 0.297. The van der Waals surface area contributed by atoms with Crippen molar-refractivity contribution >= 4 is 27.7 Å². The maximum absolute atomic E-state index is 12.4. The van der Waals surface area contributed by atoms with E-state index in [-0.39, 0.29) is 6.09 Å². The van der Waals surface area contributed by atoms with Crippen LogP contribution in [0.5, 0.6) is 0 Å². The number of aryl methyl sites for hydroxylation is 1. The molecule has 1 aliphatic rings. The van der Waals surface area contributed by atoms with Crippen LogP contribution in [0.2, 0.25) is 0 Å². The predicted octanol–water partition coefficient (Wildman–Crippen LogP) is 7.44. The molecule has 0 radical (unpaired) electrons. The van der Waals surface area contributed by atoms with E-state index in [1.54, 1.807) is 4.90 Å². The van der Waals surface area contributed by atoms with E-state index in [0.29, 0.717) is 18.5 Å². The third-order valence-corrected chi connectivity index (χ3v) is 7.37. The average molecular weight is 573 g/mol. The minimum atomic E-state index is -0.297. The number of terminal acetylenes is 1. The minimum Gasteiger partial charge on any atom is -0.452 e. The number of methoxy groups -OCH3 is 1. The molecule has 1 unspecified atom stereocenters. The van der Waals surface area contributed by atoms with Crippen molar-refractivity contribution in [3.63, 3.8) is 0 Å². The standard InChI is InChI=1S/C29H44BrN3O2.C2H2/c1-7-24(21-33(29(34)35-6)27-15-10-23(4)11-16-27)18-20-31-19-8-9-25-12-13-26(30)14-17-28(25)32(5)22(2)3;1-2/h10-11,13-17,22,24,31H,7-9,12,18-21H2,1-6H3;1-2H. The molecule has 37 heavy (non-hydrogen) atoms. The lowest BCUT2D eigenvalue weighted by Crippen LogP contribution is -2.36. The number of nitrogens with zero attached hydrogens (tertiary/aromatic N) is 2. The van der Waals surface area contributed by atoms with Gasteiger partial charge in [-0.1, -0.05) is 53.0 Å². The zero-order chi connectivity index (χ0) is 27.8. The number of carbonyl (C=O) groups is 1. The van der Waals surface area contributed by atoms with E-state index < -0.39 is 0 Å². The Morgan fingerprint density at radius 1 is 1.16 bits per heavy atom. The Balaban J connectivity index is 0.00000334. The summed E-state index contributed by atoms with van der Waals surface area (Å²) in [7, 11) is 3.63. The summed E-state index contributed by atoms with van der Waals surface area (Å²) in [4.78, 5) is 16.6. The lowest BCUT2D eigenvalue weighted by Gasteiger charge is -2.27. The first-order chi connectivity index (χ1) is 17.8. The summed E-state index contributed by atoms with van der Waals surface area (Å²) in [6.45, 7) is 11.3. The van der Waals surface area contributed by atoms with Crippen LogP contribution in [0, 0.1) is 25.7 Å². The number of ether oxygens (including phenoxy) is 1. The second kappa shape index (κ2) is 17.9. The summed E-state index contributed by atoms with van der Waals surface area (Å²) in [5, 5.41) is 3.63. The number of hydrogen-bond acceptors (Lipinski definition) is 4. The Morgan fingerprint density at radius 3 is 2.43 bits per heavy atom. The number of allylic oxidation sites excluding steroid dienone is 5. The van der Waals surface area contributed by atoms with Crippen LogP contribution in [-0.2, 0) is 4.74 Å². The van der Waals surface area contributed by atoms with Gasteiger partial charge in [0.05, 0.1) is 7.11 Å². The van der Waals surface area contributed by atoms with Gasteiger partial charge in [0.15, 0.2) is 0 Å². The van der Waals surface area contributed by atoms with Gasteiger partial charge in [0.2, 0.25) is 0 Å². The molecular weight excluding hydrogens is 526 g/mol. The molecule has 1 amide bonds. The highest BCUT2D eigenvalue weighted by Gasteiger charge is 2.20. The Morgan fingerprint density at radius 2 is 1.84 bits per heavy atom. The smallest absolute Gasteiger partial charge is 0.414 e. The molecule has 2 rings (SSSR count). The molecule has 0 saturated heterocycles. The number of nitrogens with one attached hydrogen (secondary N) is 1. The molecule has 0 bridgehead atoms. The zero-order valence-corrected chi connectivity index (χ0v) is 25.2. The molecule has 6 heteroatoms. The number of amides is 1. The van der Waals surface area contributed by atoms with E-state index >= 15 is 0 Å². The van der Waals surface area contributed by atoms with E-state index in [1.165, 1.54) is 23.9 Å². The SMILES string of the molecule is C#C.CCC(CCNCCCC1=C(N(C)C(C)C)C=CC(Br)=CC1)CN(C(=O)OC)c1ccc(C)cc1. The van der Waals surface area contributed by atoms with Crippen LogP contribution in [0.3, 0.4) is 0 Å². The molecule has 0 aromatic heterocycles. The summed E-state index contributed by atoms with van der Waals surface area (Å²) in [5.74, 6) is 0.409. The van der Waals surface area contributed by atoms with Crippen LogP contribution in [0.4, 0.5) is 10.5 Å². The molecule has 5 nitrogen and oxygen atoms in total. The summed E-state index contributed by atoms with van der Waals surface area (Å²) >= 11 is 3.63. The van der Waals surface area contributed by atoms with Crippen molar-refractivity contribution in [2.75, 3.05) is 38.7 Å². The molecule has 0 fully saturated rings. The maximum atomic E-state index is 12.4. The van der Waals surface area contributed by atoms with Gasteiger partial charge in [0.25, 0.3) is 0 Å². The van der Waals surface area contributed by atoms with Crippen LogP contribution in [-0.4, -0.2) is 50.8 Å². The van der Waals surface area contributed by atoms with Gasteiger partial charge in [-0.05, 0) is 95.3 Å². The van der Waals surface area contributed by atoms with E-state index in [9.17, 15) is 4.79 Å². The van der Waals surface area contributed by atoms with Crippen molar-refractivity contribution in [2.24, 2.45) is 5.92 Å². The molecule has 0 heterocycles. The molecule has 1 aromatic carbocycles. The first kappa shape index (κ1) is 32.5. The lowest BCUT2D eigenvalue weighted by molar-refractivity contribution is 0.177. The van der Waals surface area contributed by atoms with Crippen LogP contribution in [0.1, 0.15) is 58.4 Å². The normalized spacial score (nSPS) is 13.8. The largest absolute Gasteiger partial charge is 0.452 e. The molecule has 0 saturated carbocycles. The van der Waals surface area contributed by atoms with Gasteiger partial charge in [-0.15, -0.1) is 12.8 Å². The monoisotopic (exact) mass is 571 g/mol. The molecular formula is C31H46BrN3O2. The van der Waals surface area contributed by atoms with Crippen LogP contribution in [0.25, 0.3) is 0 Å². The van der Waals surface area contributed by atoms with Gasteiger partial charge in [-0.25, -0.2) is 4.79 Å². The molecule has 0 aliphatic heterocycles. The Kier molecular flexibility index (Phi) is 15.7. The zero-order valence-electron chi connectivity index (χ0n) is 23.6. The molecule has 1 aromatic rings. The Bertz CT molecular complexity index is 932. The van der Waals surface area contributed by atoms with Gasteiger partial charge in [-0.2, -0.15) is 0 Å². The number of likely N-dealkylation sites (N-methyl/N-ethyl adjacent to an activating group) is 1. The van der Waals surface area contributed by atoms with Gasteiger partial charge in [0, 0.05) is 35.5 Å². The summed E-state index contributed by atoms with van der Waals surface area (Å²) in [6.07, 6.45) is 19.6. The quantitative estimate of drug-likeness (QED) is 0.197. The van der Waals surface area contributed by atoms with E-state index in [1.807, 2.05) is 24.3 Å². The summed E-state index contributed by atoms with van der Waals surface area (Å²) < 4.78 is 6.22. The van der Waals surface area contributed by atoms with Crippen molar-refractivity contribution in [3.05, 3.63) is 63.8 Å². The van der Waals surface area contributed by atoms with Gasteiger partial charge in [0.1, 0.15) is 0 Å². The third kappa shape index (κ3) is 11.2. The van der Waals surface area contributed by atoms with Crippen LogP contribution < -0.4 is 10.2 Å². The molecule has 1 aliphatic carbocycles. The first-order valence-corrected chi connectivity index (χ1v) is 14.0.